The van der Waals surface area contributed by atoms with Gasteiger partial charge in [-0.2, -0.15) is 0 Å². The molecular weight excluding hydrogens is 310 g/mol. The molecule has 8 heteroatoms. The Kier molecular flexibility index (Phi) is 4.12. The van der Waals surface area contributed by atoms with Crippen molar-refractivity contribution < 1.29 is 14.1 Å². The number of carbonyl (C=O) groups is 1. The summed E-state index contributed by atoms with van der Waals surface area (Å²) < 4.78 is 10.5. The van der Waals surface area contributed by atoms with E-state index in [2.05, 4.69) is 25.3 Å². The number of aromatic nitrogens is 3. The summed E-state index contributed by atoms with van der Waals surface area (Å²) in [6.07, 6.45) is 3.93. The van der Waals surface area contributed by atoms with E-state index in [1.165, 1.54) is 0 Å². The summed E-state index contributed by atoms with van der Waals surface area (Å²) in [5.41, 5.74) is 1.07. The van der Waals surface area contributed by atoms with Crippen LogP contribution >= 0.6 is 0 Å². The zero-order valence-electron chi connectivity index (χ0n) is 13.3. The van der Waals surface area contributed by atoms with E-state index in [1.54, 1.807) is 18.3 Å². The highest BCUT2D eigenvalue weighted by Gasteiger charge is 2.28. The van der Waals surface area contributed by atoms with E-state index in [-0.39, 0.29) is 5.91 Å². The lowest BCUT2D eigenvalue weighted by Crippen LogP contribution is -2.37. The van der Waals surface area contributed by atoms with E-state index in [1.807, 2.05) is 0 Å². The van der Waals surface area contributed by atoms with Gasteiger partial charge in [0.1, 0.15) is 5.76 Å². The zero-order valence-corrected chi connectivity index (χ0v) is 13.3. The van der Waals surface area contributed by atoms with Crippen LogP contribution in [-0.2, 0) is 11.3 Å². The minimum absolute atomic E-state index is 0.253. The molecule has 0 spiro atoms. The number of anilines is 1. The highest BCUT2D eigenvalue weighted by atomic mass is 16.5. The summed E-state index contributed by atoms with van der Waals surface area (Å²) in [5.74, 6) is 1.66. The van der Waals surface area contributed by atoms with Gasteiger partial charge in [0.2, 0.25) is 5.95 Å². The van der Waals surface area contributed by atoms with Crippen molar-refractivity contribution in [3.05, 3.63) is 35.5 Å². The van der Waals surface area contributed by atoms with Crippen molar-refractivity contribution in [2.24, 2.45) is 0 Å². The Labute approximate surface area is 139 Å². The average Bonchev–Trinajstić information content (AvgIpc) is 3.37. The van der Waals surface area contributed by atoms with Gasteiger partial charge < -0.3 is 19.5 Å². The van der Waals surface area contributed by atoms with Crippen LogP contribution in [0.5, 0.6) is 0 Å². The van der Waals surface area contributed by atoms with Crippen molar-refractivity contribution in [3.63, 3.8) is 0 Å². The second-order valence-electron chi connectivity index (χ2n) is 6.02. The lowest BCUT2D eigenvalue weighted by atomic mass is 10.3. The molecule has 3 heterocycles. The zero-order chi connectivity index (χ0) is 16.4. The minimum Gasteiger partial charge on any atom is -0.378 e. The smallest absolute Gasteiger partial charge is 0.273 e. The number of ether oxygens (including phenoxy) is 1. The van der Waals surface area contributed by atoms with Gasteiger partial charge in [0.05, 0.1) is 25.5 Å². The maximum atomic E-state index is 12.2. The fourth-order valence-electron chi connectivity index (χ4n) is 2.62. The van der Waals surface area contributed by atoms with E-state index >= 15 is 0 Å². The van der Waals surface area contributed by atoms with Gasteiger partial charge in [0, 0.05) is 31.3 Å². The van der Waals surface area contributed by atoms with Crippen LogP contribution in [0.4, 0.5) is 5.95 Å². The Morgan fingerprint density at radius 2 is 2.17 bits per heavy atom. The largest absolute Gasteiger partial charge is 0.378 e. The predicted molar refractivity (Wildman–Crippen MR) is 84.7 cm³/mol. The maximum absolute atomic E-state index is 12.2. The molecule has 0 atom stereocenters. The van der Waals surface area contributed by atoms with Crippen LogP contribution < -0.4 is 10.2 Å². The first kappa shape index (κ1) is 15.1. The van der Waals surface area contributed by atoms with Crippen LogP contribution in [0.3, 0.4) is 0 Å². The second kappa shape index (κ2) is 6.56. The van der Waals surface area contributed by atoms with E-state index < -0.39 is 0 Å². The quantitative estimate of drug-likeness (QED) is 0.878. The van der Waals surface area contributed by atoms with E-state index in [4.69, 9.17) is 9.26 Å². The first-order valence-electron chi connectivity index (χ1n) is 8.19. The first-order chi connectivity index (χ1) is 11.8. The number of amides is 1. The van der Waals surface area contributed by atoms with Crippen molar-refractivity contribution in [2.75, 3.05) is 31.2 Å². The summed E-state index contributed by atoms with van der Waals surface area (Å²) in [5, 5.41) is 6.66. The van der Waals surface area contributed by atoms with Crippen LogP contribution in [0.15, 0.2) is 22.9 Å². The number of carbonyl (C=O) groups excluding carboxylic acids is 1. The van der Waals surface area contributed by atoms with Gasteiger partial charge in [-0.3, -0.25) is 4.79 Å². The molecule has 2 aromatic heterocycles. The molecule has 1 aliphatic heterocycles. The van der Waals surface area contributed by atoms with Crippen LogP contribution in [0.1, 0.15) is 40.7 Å². The molecule has 126 valence electrons. The van der Waals surface area contributed by atoms with Gasteiger partial charge in [0.25, 0.3) is 5.91 Å². The van der Waals surface area contributed by atoms with Gasteiger partial charge in [-0.15, -0.1) is 0 Å². The molecule has 2 aromatic rings. The Hall–Kier alpha value is -2.48. The predicted octanol–water partition coefficient (Wildman–Crippen LogP) is 1.11. The summed E-state index contributed by atoms with van der Waals surface area (Å²) in [6.45, 7) is 3.24. The lowest BCUT2D eigenvalue weighted by Gasteiger charge is -2.26. The normalized spacial score (nSPS) is 17.8. The second-order valence-corrected chi connectivity index (χ2v) is 6.02. The number of nitrogens with zero attached hydrogens (tertiary/aromatic N) is 4. The highest BCUT2D eigenvalue weighted by molar-refractivity contribution is 5.92. The maximum Gasteiger partial charge on any atom is 0.273 e. The third-order valence-electron chi connectivity index (χ3n) is 4.17. The molecule has 0 radical (unpaired) electrons. The molecule has 1 amide bonds. The topological polar surface area (TPSA) is 93.4 Å². The standard InChI is InChI=1S/C16H19N5O3/c22-15(13-9-14(24-20-13)11-1-2-11)18-10-12-3-4-17-16(19-12)21-5-7-23-8-6-21/h3-4,9,11H,1-2,5-8,10H2,(H,18,22). The molecule has 1 saturated heterocycles. The highest BCUT2D eigenvalue weighted by Crippen LogP contribution is 2.40. The SMILES string of the molecule is O=C(NCc1ccnc(N2CCOCC2)n1)c1cc(C2CC2)on1. The van der Waals surface area contributed by atoms with Gasteiger partial charge in [-0.25, -0.2) is 9.97 Å². The Bertz CT molecular complexity index is 722. The average molecular weight is 329 g/mol. The molecule has 24 heavy (non-hydrogen) atoms. The molecule has 4 rings (SSSR count). The molecular formula is C16H19N5O3. The molecule has 1 saturated carbocycles. The molecule has 2 fully saturated rings. The van der Waals surface area contributed by atoms with Gasteiger partial charge in [0.15, 0.2) is 5.69 Å². The number of rotatable bonds is 5. The van der Waals surface area contributed by atoms with E-state index in [9.17, 15) is 4.79 Å². The summed E-state index contributed by atoms with van der Waals surface area (Å²) in [4.78, 5) is 23.0. The molecule has 2 aliphatic rings. The van der Waals surface area contributed by atoms with Crippen LogP contribution in [0.2, 0.25) is 0 Å². The minimum atomic E-state index is -0.253. The van der Waals surface area contributed by atoms with Crippen molar-refractivity contribution in [2.45, 2.75) is 25.3 Å². The van der Waals surface area contributed by atoms with Crippen LogP contribution in [-0.4, -0.2) is 47.3 Å². The van der Waals surface area contributed by atoms with E-state index in [0.29, 0.717) is 37.3 Å². The van der Waals surface area contributed by atoms with Crippen molar-refractivity contribution in [1.29, 1.82) is 0 Å². The third kappa shape index (κ3) is 3.38. The number of hydrogen-bond acceptors (Lipinski definition) is 7. The summed E-state index contributed by atoms with van der Waals surface area (Å²) >= 11 is 0. The van der Waals surface area contributed by atoms with Crippen molar-refractivity contribution in [3.8, 4) is 0 Å². The number of hydrogen-bond donors (Lipinski definition) is 1. The molecule has 1 aliphatic carbocycles. The van der Waals surface area contributed by atoms with Gasteiger partial charge >= 0.3 is 0 Å². The summed E-state index contributed by atoms with van der Waals surface area (Å²) in [7, 11) is 0. The summed E-state index contributed by atoms with van der Waals surface area (Å²) in [6, 6.07) is 3.52. The van der Waals surface area contributed by atoms with Crippen molar-refractivity contribution in [1.82, 2.24) is 20.4 Å². The van der Waals surface area contributed by atoms with Crippen molar-refractivity contribution >= 4 is 11.9 Å². The fourth-order valence-corrected chi connectivity index (χ4v) is 2.62. The van der Waals surface area contributed by atoms with Crippen LogP contribution in [0, 0.1) is 0 Å². The fraction of sp³-hybridized carbons (Fsp3) is 0.500. The monoisotopic (exact) mass is 329 g/mol. The Balaban J connectivity index is 1.36. The molecule has 1 N–H and O–H groups in total. The number of morpholine rings is 1. The third-order valence-corrected chi connectivity index (χ3v) is 4.17. The molecule has 0 aromatic carbocycles. The molecule has 8 nitrogen and oxygen atoms in total. The Morgan fingerprint density at radius 3 is 2.96 bits per heavy atom. The van der Waals surface area contributed by atoms with Gasteiger partial charge in [-0.05, 0) is 18.9 Å². The lowest BCUT2D eigenvalue weighted by molar-refractivity contribution is 0.0941. The first-order valence-corrected chi connectivity index (χ1v) is 8.19. The Morgan fingerprint density at radius 1 is 1.33 bits per heavy atom. The molecule has 0 unspecified atom stereocenters. The molecule has 0 bridgehead atoms. The van der Waals surface area contributed by atoms with Gasteiger partial charge in [-0.1, -0.05) is 5.16 Å². The number of nitrogens with one attached hydrogen (secondary N) is 1. The van der Waals surface area contributed by atoms with E-state index in [0.717, 1.165) is 37.4 Å². The van der Waals surface area contributed by atoms with Crippen LogP contribution in [0.25, 0.3) is 0 Å².